The third-order valence-corrected chi connectivity index (χ3v) is 3.18. The van der Waals surface area contributed by atoms with Crippen LogP contribution >= 0.6 is 0 Å². The molecule has 0 aliphatic heterocycles. The number of nitro groups is 1. The summed E-state index contributed by atoms with van der Waals surface area (Å²) in [7, 11) is 1.04. The Labute approximate surface area is 132 Å². The maximum absolute atomic E-state index is 11.9. The quantitative estimate of drug-likeness (QED) is 0.305. The van der Waals surface area contributed by atoms with E-state index < -0.39 is 41.0 Å². The molecule has 1 unspecified atom stereocenters. The normalized spacial score (nSPS) is 12.8. The van der Waals surface area contributed by atoms with Crippen LogP contribution in [0.1, 0.15) is 24.8 Å². The van der Waals surface area contributed by atoms with Crippen molar-refractivity contribution in [2.45, 2.75) is 25.3 Å². The number of nitrogens with zero attached hydrogens (tertiary/aromatic N) is 1. The predicted molar refractivity (Wildman–Crippen MR) is 78.2 cm³/mol. The number of rotatable bonds is 8. The van der Waals surface area contributed by atoms with Crippen LogP contribution in [0.5, 0.6) is 0 Å². The summed E-state index contributed by atoms with van der Waals surface area (Å²) in [6, 6.07) is 6.23. The van der Waals surface area contributed by atoms with E-state index in [1.54, 1.807) is 30.3 Å². The van der Waals surface area contributed by atoms with Gasteiger partial charge in [-0.2, -0.15) is 0 Å². The molecule has 1 aromatic rings. The van der Waals surface area contributed by atoms with E-state index in [-0.39, 0.29) is 6.61 Å². The molecule has 0 N–H and O–H groups in total. The number of carbonyl (C=O) groups excluding carboxylic acids is 3. The number of methoxy groups -OCH3 is 1. The first-order valence-electron chi connectivity index (χ1n) is 6.88. The molecule has 2 atom stereocenters. The van der Waals surface area contributed by atoms with Gasteiger partial charge in [-0.3, -0.25) is 14.9 Å². The number of Topliss-reactive ketones (excluding diaryl/α,β-unsaturated/α-hetero) is 1. The lowest BCUT2D eigenvalue weighted by atomic mass is 9.87. The van der Waals surface area contributed by atoms with E-state index in [0.29, 0.717) is 5.56 Å². The molecule has 0 aliphatic rings. The van der Waals surface area contributed by atoms with Crippen LogP contribution in [0.2, 0.25) is 0 Å². The Morgan fingerprint density at radius 1 is 1.22 bits per heavy atom. The van der Waals surface area contributed by atoms with Gasteiger partial charge in [-0.25, -0.2) is 9.59 Å². The summed E-state index contributed by atoms with van der Waals surface area (Å²) in [5, 5.41) is 11.3. The van der Waals surface area contributed by atoms with Crippen molar-refractivity contribution in [1.29, 1.82) is 0 Å². The number of benzene rings is 1. The summed E-state index contributed by atoms with van der Waals surface area (Å²) >= 11 is 0. The van der Waals surface area contributed by atoms with E-state index in [2.05, 4.69) is 4.74 Å². The molecule has 0 aliphatic carbocycles. The predicted octanol–water partition coefficient (Wildman–Crippen LogP) is 1.11. The smallest absolute Gasteiger partial charge is 0.382 e. The van der Waals surface area contributed by atoms with E-state index in [1.165, 1.54) is 6.92 Å². The largest absolute Gasteiger partial charge is 0.463 e. The molecule has 0 fully saturated rings. The second-order valence-corrected chi connectivity index (χ2v) is 4.62. The maximum Gasteiger partial charge on any atom is 0.382 e. The zero-order valence-electron chi connectivity index (χ0n) is 12.8. The van der Waals surface area contributed by atoms with E-state index in [4.69, 9.17) is 4.74 Å². The van der Waals surface area contributed by atoms with Crippen LogP contribution in [-0.4, -0.2) is 42.4 Å². The molecular formula is C15H17NO7. The molecule has 0 saturated carbocycles. The summed E-state index contributed by atoms with van der Waals surface area (Å²) in [4.78, 5) is 45.6. The highest BCUT2D eigenvalue weighted by atomic mass is 16.6. The Morgan fingerprint density at radius 2 is 1.83 bits per heavy atom. The summed E-state index contributed by atoms with van der Waals surface area (Å²) in [5.74, 6) is -4.24. The van der Waals surface area contributed by atoms with Crippen molar-refractivity contribution < 1.29 is 28.8 Å². The van der Waals surface area contributed by atoms with Gasteiger partial charge in [0.05, 0.1) is 19.6 Å². The number of hydrogen-bond acceptors (Lipinski definition) is 7. The second kappa shape index (κ2) is 8.62. The van der Waals surface area contributed by atoms with Gasteiger partial charge in [0.1, 0.15) is 0 Å². The first-order chi connectivity index (χ1) is 10.9. The third-order valence-electron chi connectivity index (χ3n) is 3.18. The van der Waals surface area contributed by atoms with E-state index >= 15 is 0 Å². The lowest BCUT2D eigenvalue weighted by Crippen LogP contribution is -2.39. The minimum atomic E-state index is -1.79. The van der Waals surface area contributed by atoms with Crippen molar-refractivity contribution in [3.05, 3.63) is 46.0 Å². The van der Waals surface area contributed by atoms with Gasteiger partial charge in [0, 0.05) is 11.3 Å². The van der Waals surface area contributed by atoms with Gasteiger partial charge in [-0.05, 0) is 12.5 Å². The van der Waals surface area contributed by atoms with Crippen molar-refractivity contribution in [2.24, 2.45) is 0 Å². The molecule has 23 heavy (non-hydrogen) atoms. The van der Waals surface area contributed by atoms with Crippen molar-refractivity contribution >= 4 is 17.7 Å². The van der Waals surface area contributed by atoms with Crippen LogP contribution in [0.25, 0.3) is 0 Å². The van der Waals surface area contributed by atoms with Gasteiger partial charge in [-0.15, -0.1) is 0 Å². The molecule has 0 bridgehead atoms. The van der Waals surface area contributed by atoms with Crippen molar-refractivity contribution in [1.82, 2.24) is 0 Å². The summed E-state index contributed by atoms with van der Waals surface area (Å²) in [6.45, 7) is 1.49. The minimum Gasteiger partial charge on any atom is -0.463 e. The first kappa shape index (κ1) is 18.3. The highest BCUT2D eigenvalue weighted by Gasteiger charge is 2.43. The van der Waals surface area contributed by atoms with Gasteiger partial charge >= 0.3 is 18.0 Å². The van der Waals surface area contributed by atoms with Gasteiger partial charge in [-0.1, -0.05) is 30.3 Å². The Morgan fingerprint density at radius 3 is 2.30 bits per heavy atom. The standard InChI is InChI=1S/C15H17NO7/c1-3-23-15(19)13(16(20)21)11(9-12(17)14(18)22-2)10-7-5-4-6-8-10/h4-8,11,13H,3,9H2,1-2H3/t11-,13?/m1/s1. The van der Waals surface area contributed by atoms with Crippen molar-refractivity contribution in [3.8, 4) is 0 Å². The topological polar surface area (TPSA) is 113 Å². The Kier molecular flexibility index (Phi) is 6.85. The Bertz CT molecular complexity index is 585. The molecule has 0 saturated heterocycles. The first-order valence-corrected chi connectivity index (χ1v) is 6.88. The highest BCUT2D eigenvalue weighted by molar-refractivity contribution is 6.33. The Balaban J connectivity index is 3.20. The summed E-state index contributed by atoms with van der Waals surface area (Å²) in [6.07, 6.45) is -0.527. The molecule has 0 amide bonds. The van der Waals surface area contributed by atoms with Gasteiger partial charge in [0.2, 0.25) is 5.78 Å². The molecule has 124 valence electrons. The van der Waals surface area contributed by atoms with Crippen molar-refractivity contribution in [3.63, 3.8) is 0 Å². The fourth-order valence-corrected chi connectivity index (χ4v) is 2.13. The second-order valence-electron chi connectivity index (χ2n) is 4.62. The maximum atomic E-state index is 11.9. The number of esters is 2. The number of ketones is 1. The molecule has 0 heterocycles. The zero-order chi connectivity index (χ0) is 17.4. The number of hydrogen-bond donors (Lipinski definition) is 0. The summed E-state index contributed by atoms with van der Waals surface area (Å²) in [5.41, 5.74) is 0.388. The SMILES string of the molecule is CCOC(=O)C([C@H](CC(=O)C(=O)OC)c1ccccc1)[N+](=O)[O-]. The lowest BCUT2D eigenvalue weighted by molar-refractivity contribution is -0.514. The summed E-state index contributed by atoms with van der Waals surface area (Å²) < 4.78 is 9.05. The molecule has 0 aromatic heterocycles. The lowest BCUT2D eigenvalue weighted by Gasteiger charge is -2.19. The molecule has 1 rings (SSSR count). The zero-order valence-corrected chi connectivity index (χ0v) is 12.8. The van der Waals surface area contributed by atoms with Crippen LogP contribution in [-0.2, 0) is 23.9 Å². The van der Waals surface area contributed by atoms with Crippen molar-refractivity contribution in [2.75, 3.05) is 13.7 Å². The van der Waals surface area contributed by atoms with Crippen LogP contribution in [0.3, 0.4) is 0 Å². The van der Waals surface area contributed by atoms with Gasteiger partial charge in [0.25, 0.3) is 0 Å². The monoisotopic (exact) mass is 323 g/mol. The fraction of sp³-hybridized carbons (Fsp3) is 0.400. The van der Waals surface area contributed by atoms with Crippen LogP contribution in [0.15, 0.2) is 30.3 Å². The molecular weight excluding hydrogens is 306 g/mol. The molecule has 0 radical (unpaired) electrons. The van der Waals surface area contributed by atoms with E-state index in [1.807, 2.05) is 0 Å². The highest BCUT2D eigenvalue weighted by Crippen LogP contribution is 2.27. The average Bonchev–Trinajstić information content (AvgIpc) is 2.54. The molecule has 0 spiro atoms. The van der Waals surface area contributed by atoms with Gasteiger partial charge in [0.15, 0.2) is 0 Å². The number of carbonyl (C=O) groups is 3. The van der Waals surface area contributed by atoms with Gasteiger partial charge < -0.3 is 9.47 Å². The average molecular weight is 323 g/mol. The van der Waals surface area contributed by atoms with Crippen LogP contribution in [0, 0.1) is 10.1 Å². The van der Waals surface area contributed by atoms with E-state index in [0.717, 1.165) is 7.11 Å². The molecule has 1 aromatic carbocycles. The third kappa shape index (κ3) is 4.87. The van der Waals surface area contributed by atoms with E-state index in [9.17, 15) is 24.5 Å². The minimum absolute atomic E-state index is 0.0321. The molecule has 8 nitrogen and oxygen atoms in total. The fourth-order valence-electron chi connectivity index (χ4n) is 2.13. The van der Waals surface area contributed by atoms with Crippen LogP contribution < -0.4 is 0 Å². The van der Waals surface area contributed by atoms with Crippen LogP contribution in [0.4, 0.5) is 0 Å². The Hall–Kier alpha value is -2.77. The number of ether oxygens (including phenoxy) is 2. The molecule has 8 heteroatoms.